The fourth-order valence-corrected chi connectivity index (χ4v) is 5.28. The number of hydrogen-bond acceptors (Lipinski definition) is 4. The van der Waals surface area contributed by atoms with Crippen molar-refractivity contribution in [3.8, 4) is 0 Å². The van der Waals surface area contributed by atoms with Crippen LogP contribution in [0.5, 0.6) is 0 Å². The van der Waals surface area contributed by atoms with Gasteiger partial charge in [-0.25, -0.2) is 0 Å². The van der Waals surface area contributed by atoms with Crippen molar-refractivity contribution >= 4 is 0 Å². The van der Waals surface area contributed by atoms with E-state index >= 15 is 0 Å². The van der Waals surface area contributed by atoms with Crippen LogP contribution >= 0.6 is 0 Å². The predicted octanol–water partition coefficient (Wildman–Crippen LogP) is 1.96. The molecule has 0 aliphatic heterocycles. The summed E-state index contributed by atoms with van der Waals surface area (Å²) < 4.78 is 10.6. The van der Waals surface area contributed by atoms with E-state index in [1.54, 1.807) is 7.11 Å². The average molecular weight is 297 g/mol. The third kappa shape index (κ3) is 3.79. The molecular weight excluding hydrogens is 266 g/mol. The number of aliphatic hydroxyl groups excluding tert-OH is 1. The summed E-state index contributed by atoms with van der Waals surface area (Å²) in [5.41, 5.74) is 0.327. The van der Waals surface area contributed by atoms with Crippen molar-refractivity contribution in [2.45, 2.75) is 63.2 Å². The molecule has 0 heterocycles. The summed E-state index contributed by atoms with van der Waals surface area (Å²) in [7, 11) is 1.67. The first kappa shape index (κ1) is 15.7. The van der Waals surface area contributed by atoms with Crippen LogP contribution in [-0.4, -0.2) is 49.7 Å². The highest BCUT2D eigenvalue weighted by Gasteiger charge is 2.50. The molecule has 0 aromatic carbocycles. The number of ether oxygens (including phenoxy) is 2. The van der Waals surface area contributed by atoms with Crippen molar-refractivity contribution in [3.63, 3.8) is 0 Å². The Morgan fingerprint density at radius 2 is 1.67 bits per heavy atom. The molecule has 122 valence electrons. The maximum absolute atomic E-state index is 10.1. The largest absolute Gasteiger partial charge is 0.389 e. The highest BCUT2D eigenvalue weighted by atomic mass is 16.5. The van der Waals surface area contributed by atoms with Gasteiger partial charge < -0.3 is 19.9 Å². The molecule has 4 aliphatic rings. The van der Waals surface area contributed by atoms with Gasteiger partial charge in [0.25, 0.3) is 0 Å². The first-order chi connectivity index (χ1) is 10.1. The zero-order valence-corrected chi connectivity index (χ0v) is 13.5. The number of hydrogen-bond donors (Lipinski definition) is 2. The van der Waals surface area contributed by atoms with Crippen molar-refractivity contribution in [1.82, 2.24) is 5.32 Å². The molecule has 0 spiro atoms. The Kier molecular flexibility index (Phi) is 4.89. The van der Waals surface area contributed by atoms with E-state index in [0.717, 1.165) is 17.8 Å². The number of rotatable bonds is 8. The van der Waals surface area contributed by atoms with Gasteiger partial charge in [-0.1, -0.05) is 0 Å². The summed E-state index contributed by atoms with van der Waals surface area (Å²) in [4.78, 5) is 0. The van der Waals surface area contributed by atoms with Gasteiger partial charge >= 0.3 is 0 Å². The molecule has 4 rings (SSSR count). The van der Waals surface area contributed by atoms with Crippen LogP contribution in [0.4, 0.5) is 0 Å². The van der Waals surface area contributed by atoms with Crippen LogP contribution in [0.2, 0.25) is 0 Å². The van der Waals surface area contributed by atoms with Crippen molar-refractivity contribution < 1.29 is 14.6 Å². The highest BCUT2D eigenvalue weighted by Crippen LogP contribution is 2.55. The fraction of sp³-hybridized carbons (Fsp3) is 1.00. The quantitative estimate of drug-likeness (QED) is 0.719. The molecule has 0 radical (unpaired) electrons. The van der Waals surface area contributed by atoms with Crippen molar-refractivity contribution in [1.29, 1.82) is 0 Å². The summed E-state index contributed by atoms with van der Waals surface area (Å²) in [6.45, 7) is 3.60. The second-order valence-corrected chi connectivity index (χ2v) is 7.83. The minimum atomic E-state index is -0.419. The van der Waals surface area contributed by atoms with Crippen LogP contribution < -0.4 is 5.32 Å². The molecule has 2 atom stereocenters. The second kappa shape index (κ2) is 6.53. The van der Waals surface area contributed by atoms with Crippen molar-refractivity contribution in [2.24, 2.45) is 17.8 Å². The summed E-state index contributed by atoms with van der Waals surface area (Å²) in [6, 6.07) is 0. The molecule has 4 bridgehead atoms. The maximum Gasteiger partial charge on any atom is 0.0898 e. The SMILES string of the molecule is COCC(C)OCC(O)CNC12CC3CC(CC(C3)C1)C2. The van der Waals surface area contributed by atoms with E-state index in [2.05, 4.69) is 5.32 Å². The van der Waals surface area contributed by atoms with Crippen LogP contribution in [0.15, 0.2) is 0 Å². The lowest BCUT2D eigenvalue weighted by molar-refractivity contribution is -0.0469. The molecule has 2 N–H and O–H groups in total. The zero-order chi connectivity index (χ0) is 14.9. The van der Waals surface area contributed by atoms with Crippen LogP contribution in [0.3, 0.4) is 0 Å². The van der Waals surface area contributed by atoms with E-state index in [0.29, 0.717) is 25.3 Å². The monoisotopic (exact) mass is 297 g/mol. The first-order valence-corrected chi connectivity index (χ1v) is 8.62. The zero-order valence-electron chi connectivity index (χ0n) is 13.5. The normalized spacial score (nSPS) is 40.4. The van der Waals surface area contributed by atoms with Gasteiger partial charge in [0.15, 0.2) is 0 Å². The molecule has 0 aromatic heterocycles. The summed E-state index contributed by atoms with van der Waals surface area (Å²) in [5, 5.41) is 13.9. The molecule has 4 saturated carbocycles. The van der Waals surface area contributed by atoms with Crippen molar-refractivity contribution in [2.75, 3.05) is 26.9 Å². The molecular formula is C17H31NO3. The van der Waals surface area contributed by atoms with Gasteiger partial charge in [-0.15, -0.1) is 0 Å². The molecule has 0 saturated heterocycles. The molecule has 4 nitrogen and oxygen atoms in total. The number of methoxy groups -OCH3 is 1. The minimum Gasteiger partial charge on any atom is -0.389 e. The lowest BCUT2D eigenvalue weighted by atomic mass is 9.53. The lowest BCUT2D eigenvalue weighted by Gasteiger charge is -2.57. The number of nitrogens with one attached hydrogen (secondary N) is 1. The molecule has 2 unspecified atom stereocenters. The first-order valence-electron chi connectivity index (χ1n) is 8.62. The van der Waals surface area contributed by atoms with Crippen LogP contribution in [-0.2, 0) is 9.47 Å². The van der Waals surface area contributed by atoms with Gasteiger partial charge in [-0.05, 0) is 63.2 Å². The Morgan fingerprint density at radius 1 is 1.10 bits per heavy atom. The molecule has 0 aromatic rings. The average Bonchev–Trinajstić information content (AvgIpc) is 2.42. The van der Waals surface area contributed by atoms with Gasteiger partial charge in [0.2, 0.25) is 0 Å². The Balaban J connectivity index is 1.42. The lowest BCUT2D eigenvalue weighted by Crippen LogP contribution is -2.59. The van der Waals surface area contributed by atoms with Gasteiger partial charge in [0.05, 0.1) is 25.4 Å². The molecule has 21 heavy (non-hydrogen) atoms. The number of β-amino-alcohol motifs (C(OH)–C–C–N with tert-alkyl or cyclic N) is 1. The van der Waals surface area contributed by atoms with Crippen molar-refractivity contribution in [3.05, 3.63) is 0 Å². The van der Waals surface area contributed by atoms with Gasteiger partial charge in [0, 0.05) is 19.2 Å². The Morgan fingerprint density at radius 3 is 2.19 bits per heavy atom. The van der Waals surface area contributed by atoms with Gasteiger partial charge in [-0.3, -0.25) is 0 Å². The predicted molar refractivity (Wildman–Crippen MR) is 82.2 cm³/mol. The smallest absolute Gasteiger partial charge is 0.0898 e. The van der Waals surface area contributed by atoms with Gasteiger partial charge in [-0.2, -0.15) is 0 Å². The summed E-state index contributed by atoms with van der Waals surface area (Å²) >= 11 is 0. The Hall–Kier alpha value is -0.160. The highest BCUT2D eigenvalue weighted by molar-refractivity contribution is 5.06. The molecule has 4 heteroatoms. The maximum atomic E-state index is 10.1. The summed E-state index contributed by atoms with van der Waals surface area (Å²) in [6.07, 6.45) is 7.98. The Labute approximate surface area is 128 Å². The van der Waals surface area contributed by atoms with Crippen LogP contribution in [0.1, 0.15) is 45.4 Å². The number of aliphatic hydroxyl groups is 1. The minimum absolute atomic E-state index is 0.0456. The topological polar surface area (TPSA) is 50.7 Å². The van der Waals surface area contributed by atoms with Gasteiger partial charge in [0.1, 0.15) is 0 Å². The van der Waals surface area contributed by atoms with E-state index in [9.17, 15) is 5.11 Å². The molecule has 4 aliphatic carbocycles. The van der Waals surface area contributed by atoms with E-state index in [1.807, 2.05) is 6.92 Å². The Bertz CT molecular complexity index is 312. The summed E-state index contributed by atoms with van der Waals surface area (Å²) in [5.74, 6) is 2.83. The van der Waals surface area contributed by atoms with Crippen LogP contribution in [0.25, 0.3) is 0 Å². The van der Waals surface area contributed by atoms with E-state index < -0.39 is 6.10 Å². The van der Waals surface area contributed by atoms with E-state index in [-0.39, 0.29) is 6.10 Å². The third-order valence-corrected chi connectivity index (χ3v) is 5.73. The molecule has 4 fully saturated rings. The van der Waals surface area contributed by atoms with E-state index in [1.165, 1.54) is 38.5 Å². The van der Waals surface area contributed by atoms with Crippen LogP contribution in [0, 0.1) is 17.8 Å². The third-order valence-electron chi connectivity index (χ3n) is 5.73. The molecule has 0 amide bonds. The van der Waals surface area contributed by atoms with E-state index in [4.69, 9.17) is 9.47 Å². The standard InChI is InChI=1S/C17H31NO3/c1-12(10-20-2)21-11-16(19)9-18-17-6-13-3-14(7-17)5-15(4-13)8-17/h12-16,18-19H,3-11H2,1-2H3. The second-order valence-electron chi connectivity index (χ2n) is 7.83. The fourth-order valence-electron chi connectivity index (χ4n) is 5.28.